The van der Waals surface area contributed by atoms with E-state index in [-0.39, 0.29) is 13.0 Å². The molecule has 0 aliphatic carbocycles. The maximum atomic E-state index is 12.7. The van der Waals surface area contributed by atoms with Crippen molar-refractivity contribution in [3.8, 4) is 0 Å². The number of nitrogens with zero attached hydrogens (tertiary/aromatic N) is 1. The molecule has 0 aliphatic heterocycles. The maximum Gasteiger partial charge on any atom is 0.326 e. The number of carboxylic acids is 1. The molecule has 2 aromatic carbocycles. The minimum Gasteiger partial charge on any atom is -0.480 e. The molecular weight excluding hydrogens is 371 g/mol. The first kappa shape index (κ1) is 20.7. The number of aliphatic carboxylic acids is 1. The van der Waals surface area contributed by atoms with E-state index in [4.69, 9.17) is 11.6 Å². The summed E-state index contributed by atoms with van der Waals surface area (Å²) in [5, 5.41) is 12.0. The van der Waals surface area contributed by atoms with Gasteiger partial charge in [-0.1, -0.05) is 30.3 Å². The Kier molecular flexibility index (Phi) is 8.07. The number of carbonyl (C=O) groups excluding carboxylic acids is 1. The number of carbonyl (C=O) groups is 2. The van der Waals surface area contributed by atoms with E-state index >= 15 is 0 Å². The fourth-order valence-electron chi connectivity index (χ4n) is 2.68. The minimum absolute atomic E-state index is 0.146. The van der Waals surface area contributed by atoms with Crippen LogP contribution >= 0.6 is 11.6 Å². The SMILES string of the molecule is O=C(N[C@H](Cc1ccc(N(CCF)CCCl)cc1)C(=O)O)c1ccccc1. The van der Waals surface area contributed by atoms with E-state index in [0.29, 0.717) is 18.0 Å². The summed E-state index contributed by atoms with van der Waals surface area (Å²) < 4.78 is 12.7. The van der Waals surface area contributed by atoms with Crippen LogP contribution in [0.3, 0.4) is 0 Å². The fraction of sp³-hybridized carbons (Fsp3) is 0.300. The standard InChI is InChI=1S/C20H22ClFN2O3/c21-10-12-24(13-11-22)17-8-6-15(7-9-17)14-18(20(26)27)23-19(25)16-4-2-1-3-5-16/h1-9,18H,10-14H2,(H,23,25)(H,26,27)/t18-/m1/s1. The summed E-state index contributed by atoms with van der Waals surface area (Å²) in [7, 11) is 0. The lowest BCUT2D eigenvalue weighted by atomic mass is 10.0. The van der Waals surface area contributed by atoms with Crippen molar-refractivity contribution in [2.45, 2.75) is 12.5 Å². The summed E-state index contributed by atoms with van der Waals surface area (Å²) in [4.78, 5) is 25.6. The molecule has 0 saturated heterocycles. The number of nitrogens with one attached hydrogen (secondary N) is 1. The summed E-state index contributed by atoms with van der Waals surface area (Å²) in [5.41, 5.74) is 1.98. The van der Waals surface area contributed by atoms with Crippen molar-refractivity contribution in [2.24, 2.45) is 0 Å². The van der Waals surface area contributed by atoms with Crippen LogP contribution in [-0.4, -0.2) is 48.7 Å². The molecule has 2 aromatic rings. The molecule has 0 saturated carbocycles. The van der Waals surface area contributed by atoms with Gasteiger partial charge in [0.2, 0.25) is 0 Å². The highest BCUT2D eigenvalue weighted by Crippen LogP contribution is 2.16. The van der Waals surface area contributed by atoms with Crippen LogP contribution in [0.1, 0.15) is 15.9 Å². The highest BCUT2D eigenvalue weighted by atomic mass is 35.5. The number of amides is 1. The second kappa shape index (κ2) is 10.5. The van der Waals surface area contributed by atoms with Crippen LogP contribution in [0.25, 0.3) is 0 Å². The molecule has 144 valence electrons. The third-order valence-electron chi connectivity index (χ3n) is 4.09. The van der Waals surface area contributed by atoms with Crippen LogP contribution in [0.15, 0.2) is 54.6 Å². The van der Waals surface area contributed by atoms with Gasteiger partial charge in [0, 0.05) is 36.6 Å². The van der Waals surface area contributed by atoms with Crippen molar-refractivity contribution >= 4 is 29.2 Å². The zero-order valence-corrected chi connectivity index (χ0v) is 15.5. The largest absolute Gasteiger partial charge is 0.480 e. The Morgan fingerprint density at radius 1 is 1.07 bits per heavy atom. The number of anilines is 1. The molecule has 0 spiro atoms. The number of benzene rings is 2. The number of alkyl halides is 2. The number of halogens is 2. The molecule has 0 radical (unpaired) electrons. The Morgan fingerprint density at radius 3 is 2.30 bits per heavy atom. The Labute approximate surface area is 162 Å². The lowest BCUT2D eigenvalue weighted by Gasteiger charge is -2.23. The zero-order valence-electron chi connectivity index (χ0n) is 14.8. The second-order valence-corrected chi connectivity index (χ2v) is 6.34. The molecule has 0 unspecified atom stereocenters. The number of carboxylic acid groups (broad SMARTS) is 1. The van der Waals surface area contributed by atoms with Crippen LogP contribution in [-0.2, 0) is 11.2 Å². The number of hydrogen-bond acceptors (Lipinski definition) is 3. The van der Waals surface area contributed by atoms with Gasteiger partial charge in [0.15, 0.2) is 0 Å². The molecule has 0 aliphatic rings. The molecule has 0 aromatic heterocycles. The summed E-state index contributed by atoms with van der Waals surface area (Å²) >= 11 is 5.75. The maximum absolute atomic E-state index is 12.7. The van der Waals surface area contributed by atoms with Crippen LogP contribution in [0.5, 0.6) is 0 Å². The second-order valence-electron chi connectivity index (χ2n) is 5.97. The lowest BCUT2D eigenvalue weighted by molar-refractivity contribution is -0.139. The van der Waals surface area contributed by atoms with E-state index in [0.717, 1.165) is 11.3 Å². The van der Waals surface area contributed by atoms with Gasteiger partial charge < -0.3 is 15.3 Å². The van der Waals surface area contributed by atoms with E-state index in [1.165, 1.54) is 0 Å². The lowest BCUT2D eigenvalue weighted by Crippen LogP contribution is -2.42. The smallest absolute Gasteiger partial charge is 0.326 e. The molecule has 0 heterocycles. The van der Waals surface area contributed by atoms with Gasteiger partial charge in [-0.2, -0.15) is 0 Å². The Balaban J connectivity index is 2.05. The number of rotatable bonds is 10. The van der Waals surface area contributed by atoms with Crippen LogP contribution in [0.4, 0.5) is 10.1 Å². The van der Waals surface area contributed by atoms with Crippen molar-refractivity contribution in [1.82, 2.24) is 5.32 Å². The quantitative estimate of drug-likeness (QED) is 0.609. The van der Waals surface area contributed by atoms with Crippen molar-refractivity contribution in [2.75, 3.05) is 30.5 Å². The first-order valence-corrected chi connectivity index (χ1v) is 9.13. The molecule has 2 N–H and O–H groups in total. The molecule has 1 atom stereocenters. The zero-order chi connectivity index (χ0) is 19.6. The van der Waals surface area contributed by atoms with Crippen LogP contribution in [0, 0.1) is 0 Å². The van der Waals surface area contributed by atoms with Crippen LogP contribution in [0.2, 0.25) is 0 Å². The Hall–Kier alpha value is -2.60. The van der Waals surface area contributed by atoms with Gasteiger partial charge in [0.1, 0.15) is 12.7 Å². The van der Waals surface area contributed by atoms with Crippen molar-refractivity contribution in [3.63, 3.8) is 0 Å². The van der Waals surface area contributed by atoms with Gasteiger partial charge in [0.25, 0.3) is 5.91 Å². The highest BCUT2D eigenvalue weighted by molar-refractivity contribution is 6.18. The fourth-order valence-corrected chi connectivity index (χ4v) is 2.89. The van der Waals surface area contributed by atoms with Gasteiger partial charge in [-0.3, -0.25) is 4.79 Å². The average molecular weight is 393 g/mol. The summed E-state index contributed by atoms with van der Waals surface area (Å²) in [6, 6.07) is 14.6. The normalized spacial score (nSPS) is 11.6. The first-order valence-electron chi connectivity index (χ1n) is 8.59. The predicted octanol–water partition coefficient (Wildman–Crippen LogP) is 3.13. The molecule has 27 heavy (non-hydrogen) atoms. The Morgan fingerprint density at radius 2 is 1.74 bits per heavy atom. The van der Waals surface area contributed by atoms with Gasteiger partial charge >= 0.3 is 5.97 Å². The molecule has 5 nitrogen and oxygen atoms in total. The van der Waals surface area contributed by atoms with Crippen molar-refractivity contribution < 1.29 is 19.1 Å². The van der Waals surface area contributed by atoms with Gasteiger partial charge in [-0.25, -0.2) is 9.18 Å². The molecular formula is C20H22ClFN2O3. The van der Waals surface area contributed by atoms with Gasteiger partial charge in [-0.15, -0.1) is 11.6 Å². The van der Waals surface area contributed by atoms with E-state index in [2.05, 4.69) is 5.32 Å². The third-order valence-corrected chi connectivity index (χ3v) is 4.26. The number of hydrogen-bond donors (Lipinski definition) is 2. The van der Waals surface area contributed by atoms with E-state index in [9.17, 15) is 19.1 Å². The topological polar surface area (TPSA) is 69.6 Å². The first-order chi connectivity index (χ1) is 13.0. The molecule has 0 fully saturated rings. The summed E-state index contributed by atoms with van der Waals surface area (Å²) in [6.45, 7) is 0.290. The monoisotopic (exact) mass is 392 g/mol. The molecule has 0 bridgehead atoms. The van der Waals surface area contributed by atoms with Crippen molar-refractivity contribution in [3.05, 3.63) is 65.7 Å². The van der Waals surface area contributed by atoms with Crippen molar-refractivity contribution in [1.29, 1.82) is 0 Å². The molecule has 1 amide bonds. The highest BCUT2D eigenvalue weighted by Gasteiger charge is 2.21. The Bertz CT molecular complexity index is 735. The molecule has 2 rings (SSSR count). The van der Waals surface area contributed by atoms with E-state index in [1.807, 2.05) is 4.90 Å². The molecule has 7 heteroatoms. The minimum atomic E-state index is -1.11. The summed E-state index contributed by atoms with van der Waals surface area (Å²) in [5.74, 6) is -1.16. The third kappa shape index (κ3) is 6.25. The average Bonchev–Trinajstić information content (AvgIpc) is 2.68. The predicted molar refractivity (Wildman–Crippen MR) is 104 cm³/mol. The van der Waals surface area contributed by atoms with Crippen LogP contribution < -0.4 is 10.2 Å². The van der Waals surface area contributed by atoms with E-state index < -0.39 is 24.6 Å². The van der Waals surface area contributed by atoms with Gasteiger partial charge in [0.05, 0.1) is 0 Å². The summed E-state index contributed by atoms with van der Waals surface area (Å²) in [6.07, 6.45) is 0.146. The van der Waals surface area contributed by atoms with Gasteiger partial charge in [-0.05, 0) is 29.8 Å². The van der Waals surface area contributed by atoms with E-state index in [1.54, 1.807) is 54.6 Å².